The molecule has 0 fully saturated rings. The molecule has 0 radical (unpaired) electrons. The summed E-state index contributed by atoms with van der Waals surface area (Å²) in [6, 6.07) is 4.70. The molecule has 0 unspecified atom stereocenters. The van der Waals surface area contributed by atoms with Crippen molar-refractivity contribution < 1.29 is 14.7 Å². The first-order valence-corrected chi connectivity index (χ1v) is 5.62. The largest absolute Gasteiger partial charge is 0.481 e. The van der Waals surface area contributed by atoms with Gasteiger partial charge in [0.1, 0.15) is 11.8 Å². The molecule has 2 aromatic heterocycles. The third-order valence-electron chi connectivity index (χ3n) is 2.84. The Bertz CT molecular complexity index is 809. The lowest BCUT2D eigenvalue weighted by atomic mass is 10.2. The molecule has 2 rings (SSSR count). The predicted octanol–water partition coefficient (Wildman–Crippen LogP) is -0.454. The van der Waals surface area contributed by atoms with E-state index >= 15 is 0 Å². The van der Waals surface area contributed by atoms with Crippen LogP contribution in [-0.4, -0.2) is 26.0 Å². The topological polar surface area (TPSA) is 131 Å². The normalized spacial score (nSPS) is 10.3. The number of aliphatic carboxylic acids is 1. The van der Waals surface area contributed by atoms with E-state index in [9.17, 15) is 14.4 Å². The maximum Gasteiger partial charge on any atom is 0.333 e. The Balaban J connectivity index is 2.67. The fourth-order valence-corrected chi connectivity index (χ4v) is 1.89. The molecule has 20 heavy (non-hydrogen) atoms. The predicted molar refractivity (Wildman–Crippen MR) is 67.1 cm³/mol. The van der Waals surface area contributed by atoms with Crippen LogP contribution in [0.3, 0.4) is 0 Å². The first kappa shape index (κ1) is 13.4. The van der Waals surface area contributed by atoms with Crippen LogP contribution < -0.4 is 11.4 Å². The van der Waals surface area contributed by atoms with Crippen molar-refractivity contribution in [3.8, 4) is 6.07 Å². The molecule has 102 valence electrons. The molecule has 0 spiro atoms. The standard InChI is InChI=1S/C12H10N4O4/c13-5-9-8-2-1-7(11(14)19)6-16(8)12(20)15(9)4-3-10(17)18/h1-2,6H,3-4H2,(H2,14,19)(H,17,18). The van der Waals surface area contributed by atoms with Crippen LogP contribution in [0, 0.1) is 11.3 Å². The van der Waals surface area contributed by atoms with Crippen LogP contribution in [0.4, 0.5) is 0 Å². The number of pyridine rings is 1. The van der Waals surface area contributed by atoms with Crippen LogP contribution >= 0.6 is 0 Å². The number of amides is 1. The van der Waals surface area contributed by atoms with E-state index < -0.39 is 17.6 Å². The monoisotopic (exact) mass is 274 g/mol. The van der Waals surface area contributed by atoms with Gasteiger partial charge in [-0.1, -0.05) is 0 Å². The molecule has 0 saturated carbocycles. The van der Waals surface area contributed by atoms with Gasteiger partial charge in [-0.15, -0.1) is 0 Å². The molecule has 8 heteroatoms. The molecule has 0 atom stereocenters. The number of nitrogens with two attached hydrogens (primary N) is 1. The number of hydrogen-bond acceptors (Lipinski definition) is 4. The molecule has 0 aliphatic carbocycles. The number of nitriles is 1. The zero-order chi connectivity index (χ0) is 14.9. The second-order valence-electron chi connectivity index (χ2n) is 4.08. The maximum atomic E-state index is 12.1. The molecule has 2 heterocycles. The Labute approximate surface area is 112 Å². The van der Waals surface area contributed by atoms with Gasteiger partial charge in [0.25, 0.3) is 0 Å². The van der Waals surface area contributed by atoms with Gasteiger partial charge < -0.3 is 10.8 Å². The lowest BCUT2D eigenvalue weighted by Crippen LogP contribution is -2.23. The van der Waals surface area contributed by atoms with Gasteiger partial charge in [-0.05, 0) is 12.1 Å². The van der Waals surface area contributed by atoms with E-state index in [0.29, 0.717) is 5.52 Å². The smallest absolute Gasteiger partial charge is 0.333 e. The van der Waals surface area contributed by atoms with Crippen molar-refractivity contribution in [2.24, 2.45) is 5.73 Å². The number of carbonyl (C=O) groups excluding carboxylic acids is 1. The minimum atomic E-state index is -1.08. The van der Waals surface area contributed by atoms with Crippen molar-refractivity contribution in [1.82, 2.24) is 8.97 Å². The van der Waals surface area contributed by atoms with Gasteiger partial charge in [-0.2, -0.15) is 5.26 Å². The van der Waals surface area contributed by atoms with Gasteiger partial charge in [0.2, 0.25) is 5.91 Å². The number of fused-ring (bicyclic) bond motifs is 1. The number of imidazole rings is 1. The maximum absolute atomic E-state index is 12.1. The van der Waals surface area contributed by atoms with Crippen LogP contribution in [0.2, 0.25) is 0 Å². The van der Waals surface area contributed by atoms with E-state index in [1.807, 2.05) is 6.07 Å². The van der Waals surface area contributed by atoms with E-state index in [4.69, 9.17) is 16.1 Å². The molecular formula is C12H10N4O4. The molecule has 0 aliphatic heterocycles. The second-order valence-corrected chi connectivity index (χ2v) is 4.08. The minimum absolute atomic E-state index is 0.0484. The van der Waals surface area contributed by atoms with Crippen LogP contribution in [-0.2, 0) is 11.3 Å². The van der Waals surface area contributed by atoms with Crippen LogP contribution in [0.25, 0.3) is 5.52 Å². The Morgan fingerprint density at radius 3 is 2.65 bits per heavy atom. The van der Waals surface area contributed by atoms with E-state index in [1.165, 1.54) is 18.3 Å². The van der Waals surface area contributed by atoms with Gasteiger partial charge in [0.15, 0.2) is 0 Å². The average Bonchev–Trinajstić information content (AvgIpc) is 2.68. The molecule has 0 saturated heterocycles. The quantitative estimate of drug-likeness (QED) is 0.779. The first-order valence-electron chi connectivity index (χ1n) is 5.62. The summed E-state index contributed by atoms with van der Waals surface area (Å²) in [5, 5.41) is 17.8. The number of carboxylic acids is 1. The van der Waals surface area contributed by atoms with Gasteiger partial charge in [-0.25, -0.2) is 4.79 Å². The number of hydrogen-bond donors (Lipinski definition) is 2. The second kappa shape index (κ2) is 4.89. The molecule has 1 amide bonds. The zero-order valence-corrected chi connectivity index (χ0v) is 10.2. The van der Waals surface area contributed by atoms with E-state index in [0.717, 1.165) is 8.97 Å². The molecule has 0 aliphatic rings. The van der Waals surface area contributed by atoms with Crippen molar-refractivity contribution in [1.29, 1.82) is 5.26 Å². The van der Waals surface area contributed by atoms with Crippen LogP contribution in [0.15, 0.2) is 23.1 Å². The summed E-state index contributed by atoms with van der Waals surface area (Å²) in [4.78, 5) is 33.8. The Morgan fingerprint density at radius 1 is 1.40 bits per heavy atom. The Kier molecular flexibility index (Phi) is 3.27. The van der Waals surface area contributed by atoms with Gasteiger partial charge >= 0.3 is 11.7 Å². The highest BCUT2D eigenvalue weighted by Crippen LogP contribution is 2.11. The van der Waals surface area contributed by atoms with Crippen molar-refractivity contribution in [2.75, 3.05) is 0 Å². The van der Waals surface area contributed by atoms with Crippen molar-refractivity contribution >= 4 is 17.4 Å². The third-order valence-corrected chi connectivity index (χ3v) is 2.84. The summed E-state index contributed by atoms with van der Waals surface area (Å²) in [5.74, 6) is -1.77. The van der Waals surface area contributed by atoms with Gasteiger partial charge in [0, 0.05) is 12.7 Å². The average molecular weight is 274 g/mol. The molecule has 3 N–H and O–H groups in total. The number of rotatable bonds is 4. The van der Waals surface area contributed by atoms with Crippen LogP contribution in [0.5, 0.6) is 0 Å². The minimum Gasteiger partial charge on any atom is -0.481 e. The summed E-state index contributed by atoms with van der Waals surface area (Å²) in [6.45, 7) is -0.120. The zero-order valence-electron chi connectivity index (χ0n) is 10.2. The highest BCUT2D eigenvalue weighted by molar-refractivity contribution is 5.92. The number of carbonyl (C=O) groups is 2. The number of nitrogens with zero attached hydrogens (tertiary/aromatic N) is 3. The highest BCUT2D eigenvalue weighted by atomic mass is 16.4. The fraction of sp³-hybridized carbons (Fsp3) is 0.167. The fourth-order valence-electron chi connectivity index (χ4n) is 1.89. The first-order chi connectivity index (χ1) is 9.45. The number of aromatic nitrogens is 2. The Morgan fingerprint density at radius 2 is 2.10 bits per heavy atom. The molecule has 0 bridgehead atoms. The number of primary amides is 1. The van der Waals surface area contributed by atoms with Gasteiger partial charge in [0.05, 0.1) is 17.5 Å². The van der Waals surface area contributed by atoms with Crippen molar-refractivity contribution in [2.45, 2.75) is 13.0 Å². The summed E-state index contributed by atoms with van der Waals surface area (Å²) in [5.41, 5.74) is 5.02. The van der Waals surface area contributed by atoms with Gasteiger partial charge in [-0.3, -0.25) is 18.6 Å². The SMILES string of the molecule is N#Cc1c2ccc(C(N)=O)cn2c(=O)n1CCC(=O)O. The molecular weight excluding hydrogens is 264 g/mol. The van der Waals surface area contributed by atoms with Crippen molar-refractivity contribution in [3.63, 3.8) is 0 Å². The van der Waals surface area contributed by atoms with E-state index in [1.54, 1.807) is 0 Å². The molecule has 8 nitrogen and oxygen atoms in total. The summed E-state index contributed by atoms with van der Waals surface area (Å²) >= 11 is 0. The van der Waals surface area contributed by atoms with Crippen molar-refractivity contribution in [3.05, 3.63) is 40.1 Å². The summed E-state index contributed by atoms with van der Waals surface area (Å²) in [6.07, 6.45) is 0.951. The molecule has 0 aromatic carbocycles. The summed E-state index contributed by atoms with van der Waals surface area (Å²) in [7, 11) is 0. The lowest BCUT2D eigenvalue weighted by molar-refractivity contribution is -0.137. The van der Waals surface area contributed by atoms with Crippen LogP contribution in [0.1, 0.15) is 22.5 Å². The Hall–Kier alpha value is -3.08. The summed E-state index contributed by atoms with van der Waals surface area (Å²) < 4.78 is 2.18. The third kappa shape index (κ3) is 2.12. The van der Waals surface area contributed by atoms with E-state index in [2.05, 4.69) is 0 Å². The highest BCUT2D eigenvalue weighted by Gasteiger charge is 2.16. The number of carboxylic acid groups (broad SMARTS) is 1. The van der Waals surface area contributed by atoms with E-state index in [-0.39, 0.29) is 24.2 Å². The molecule has 2 aromatic rings. The lowest BCUT2D eigenvalue weighted by Gasteiger charge is -1.98.